The summed E-state index contributed by atoms with van der Waals surface area (Å²) in [6.45, 7) is 1.50. The lowest BCUT2D eigenvalue weighted by Gasteiger charge is -2.06. The van der Waals surface area contributed by atoms with Crippen molar-refractivity contribution in [1.29, 1.82) is 0 Å². The second-order valence-corrected chi connectivity index (χ2v) is 6.69. The number of carbonyl (C=O) groups is 2. The number of rotatable bonds is 7. The standard InChI is InChI=1S/C17H14BrN5O6/c1-10(6-16(24)19-13-4-2-12(18)3-5-13)20-21-17(25)11-7-14(22(26)27)9-15(8-11)23(28)29/h2-5,7-9H,6H2,1H3,(H,19,24)(H,21,25). The highest BCUT2D eigenvalue weighted by atomic mass is 79.9. The van der Waals surface area contributed by atoms with Crippen molar-refractivity contribution in [2.24, 2.45) is 5.10 Å². The number of nitrogens with one attached hydrogen (secondary N) is 2. The fourth-order valence-electron chi connectivity index (χ4n) is 2.16. The second kappa shape index (κ2) is 9.50. The average Bonchev–Trinajstić information content (AvgIpc) is 2.67. The van der Waals surface area contributed by atoms with Gasteiger partial charge in [0.1, 0.15) is 0 Å². The first-order chi connectivity index (χ1) is 13.7. The highest BCUT2D eigenvalue weighted by Crippen LogP contribution is 2.22. The van der Waals surface area contributed by atoms with Crippen molar-refractivity contribution in [3.63, 3.8) is 0 Å². The smallest absolute Gasteiger partial charge is 0.277 e. The van der Waals surface area contributed by atoms with Crippen molar-refractivity contribution in [1.82, 2.24) is 5.43 Å². The van der Waals surface area contributed by atoms with Crippen LogP contribution in [0.25, 0.3) is 0 Å². The summed E-state index contributed by atoms with van der Waals surface area (Å²) in [6, 6.07) is 9.46. The first kappa shape index (κ1) is 21.6. The Hall–Kier alpha value is -3.67. The van der Waals surface area contributed by atoms with Crippen LogP contribution in [0.4, 0.5) is 17.1 Å². The third-order valence-corrected chi connectivity index (χ3v) is 4.01. The molecule has 2 aromatic carbocycles. The number of hydrazone groups is 1. The maximum Gasteiger partial charge on any atom is 0.277 e. The SMILES string of the molecule is CC(CC(=O)Nc1ccc(Br)cc1)=NNC(=O)c1cc([N+](=O)[O-])cc([N+](=O)[O-])c1. The van der Waals surface area contributed by atoms with Gasteiger partial charge >= 0.3 is 0 Å². The molecule has 0 fully saturated rings. The molecule has 0 aliphatic rings. The van der Waals surface area contributed by atoms with Crippen molar-refractivity contribution in [2.45, 2.75) is 13.3 Å². The Balaban J connectivity index is 2.03. The third-order valence-electron chi connectivity index (χ3n) is 3.48. The van der Waals surface area contributed by atoms with Crippen molar-refractivity contribution < 1.29 is 19.4 Å². The van der Waals surface area contributed by atoms with Crippen LogP contribution in [0.2, 0.25) is 0 Å². The normalized spacial score (nSPS) is 10.9. The molecule has 0 aromatic heterocycles. The number of nitro benzene ring substituents is 2. The Morgan fingerprint density at radius 3 is 2.10 bits per heavy atom. The molecule has 0 unspecified atom stereocenters. The molecule has 0 spiro atoms. The van der Waals surface area contributed by atoms with Crippen molar-refractivity contribution in [2.75, 3.05) is 5.32 Å². The number of benzene rings is 2. The fourth-order valence-corrected chi connectivity index (χ4v) is 2.42. The van der Waals surface area contributed by atoms with Gasteiger partial charge in [-0.05, 0) is 31.2 Å². The minimum Gasteiger partial charge on any atom is -0.326 e. The van der Waals surface area contributed by atoms with Crippen LogP contribution in [-0.4, -0.2) is 27.4 Å². The van der Waals surface area contributed by atoms with Gasteiger partial charge in [-0.1, -0.05) is 15.9 Å². The summed E-state index contributed by atoms with van der Waals surface area (Å²) >= 11 is 3.28. The number of halogens is 1. The Kier molecular flexibility index (Phi) is 7.09. The highest BCUT2D eigenvalue weighted by molar-refractivity contribution is 9.10. The Labute approximate surface area is 172 Å². The highest BCUT2D eigenvalue weighted by Gasteiger charge is 2.19. The third kappa shape index (κ3) is 6.46. The van der Waals surface area contributed by atoms with Crippen LogP contribution in [0.3, 0.4) is 0 Å². The lowest BCUT2D eigenvalue weighted by molar-refractivity contribution is -0.394. The number of nitro groups is 2. The van der Waals surface area contributed by atoms with Gasteiger partial charge in [0.2, 0.25) is 5.91 Å². The molecule has 0 bridgehead atoms. The molecule has 2 aromatic rings. The molecular weight excluding hydrogens is 450 g/mol. The summed E-state index contributed by atoms with van der Waals surface area (Å²) in [4.78, 5) is 44.2. The topological polar surface area (TPSA) is 157 Å². The van der Waals surface area contributed by atoms with E-state index < -0.39 is 27.1 Å². The van der Waals surface area contributed by atoms with Crippen LogP contribution in [0.15, 0.2) is 52.0 Å². The lowest BCUT2D eigenvalue weighted by atomic mass is 10.1. The number of hydrogen-bond acceptors (Lipinski definition) is 7. The molecule has 11 nitrogen and oxygen atoms in total. The average molecular weight is 464 g/mol. The van der Waals surface area contributed by atoms with E-state index in [-0.39, 0.29) is 23.6 Å². The summed E-state index contributed by atoms with van der Waals surface area (Å²) in [5.41, 5.74) is 1.46. The molecule has 0 atom stereocenters. The first-order valence-corrected chi connectivity index (χ1v) is 8.78. The van der Waals surface area contributed by atoms with Gasteiger partial charge in [0.05, 0.1) is 27.9 Å². The molecule has 0 heterocycles. The maximum absolute atomic E-state index is 12.1. The molecule has 12 heteroatoms. The van der Waals surface area contributed by atoms with E-state index in [9.17, 15) is 29.8 Å². The number of carbonyl (C=O) groups excluding carboxylic acids is 2. The van der Waals surface area contributed by atoms with Crippen LogP contribution < -0.4 is 10.7 Å². The summed E-state index contributed by atoms with van der Waals surface area (Å²) in [7, 11) is 0. The van der Waals surface area contributed by atoms with E-state index in [0.717, 1.165) is 22.7 Å². The molecule has 0 saturated carbocycles. The van der Waals surface area contributed by atoms with Crippen LogP contribution in [0, 0.1) is 20.2 Å². The molecule has 0 saturated heterocycles. The number of hydrogen-bond donors (Lipinski definition) is 2. The summed E-state index contributed by atoms with van der Waals surface area (Å²) in [6.07, 6.45) is -0.120. The van der Waals surface area contributed by atoms with E-state index in [1.165, 1.54) is 6.92 Å². The van der Waals surface area contributed by atoms with Crippen LogP contribution >= 0.6 is 15.9 Å². The number of nitrogens with zero attached hydrogens (tertiary/aromatic N) is 3. The minimum absolute atomic E-state index is 0.120. The summed E-state index contributed by atoms with van der Waals surface area (Å²) < 4.78 is 0.859. The quantitative estimate of drug-likeness (QED) is 0.363. The van der Waals surface area contributed by atoms with Crippen molar-refractivity contribution >= 4 is 50.5 Å². The molecule has 0 aliphatic carbocycles. The predicted octanol–water partition coefficient (Wildman–Crippen LogP) is 3.40. The zero-order valence-corrected chi connectivity index (χ0v) is 16.5. The van der Waals surface area contributed by atoms with Gasteiger partial charge in [-0.3, -0.25) is 29.8 Å². The fraction of sp³-hybridized carbons (Fsp3) is 0.118. The summed E-state index contributed by atoms with van der Waals surface area (Å²) in [5.74, 6) is -1.25. The lowest BCUT2D eigenvalue weighted by Crippen LogP contribution is -2.21. The Bertz CT molecular complexity index is 974. The van der Waals surface area contributed by atoms with Gasteiger partial charge in [-0.15, -0.1) is 0 Å². The van der Waals surface area contributed by atoms with Crippen LogP contribution in [-0.2, 0) is 4.79 Å². The zero-order valence-electron chi connectivity index (χ0n) is 14.9. The van der Waals surface area contributed by atoms with Gasteiger partial charge in [0.15, 0.2) is 0 Å². The molecule has 150 valence electrons. The molecule has 29 heavy (non-hydrogen) atoms. The van der Waals surface area contributed by atoms with Gasteiger partial charge in [0.25, 0.3) is 17.3 Å². The second-order valence-electron chi connectivity index (χ2n) is 5.77. The van der Waals surface area contributed by atoms with Gasteiger partial charge < -0.3 is 5.32 Å². The van der Waals surface area contributed by atoms with E-state index in [1.54, 1.807) is 24.3 Å². The Morgan fingerprint density at radius 2 is 1.59 bits per heavy atom. The molecule has 0 aliphatic heterocycles. The number of non-ortho nitro benzene ring substituents is 2. The van der Waals surface area contributed by atoms with E-state index in [2.05, 4.69) is 31.8 Å². The van der Waals surface area contributed by atoms with E-state index in [1.807, 2.05) is 0 Å². The van der Waals surface area contributed by atoms with Crippen LogP contribution in [0.1, 0.15) is 23.7 Å². The van der Waals surface area contributed by atoms with Crippen LogP contribution in [0.5, 0.6) is 0 Å². The van der Waals surface area contributed by atoms with E-state index in [0.29, 0.717) is 5.69 Å². The Morgan fingerprint density at radius 1 is 1.03 bits per heavy atom. The van der Waals surface area contributed by atoms with Gasteiger partial charge in [-0.25, -0.2) is 5.43 Å². The van der Waals surface area contributed by atoms with Gasteiger partial charge in [0, 0.05) is 28.0 Å². The van der Waals surface area contributed by atoms with Crippen molar-refractivity contribution in [3.8, 4) is 0 Å². The molecule has 2 N–H and O–H groups in total. The number of anilines is 1. The molecular formula is C17H14BrN5O6. The maximum atomic E-state index is 12.1. The van der Waals surface area contributed by atoms with Gasteiger partial charge in [-0.2, -0.15) is 5.10 Å². The molecule has 2 rings (SSSR count). The molecule has 0 radical (unpaired) electrons. The summed E-state index contributed by atoms with van der Waals surface area (Å²) in [5, 5.41) is 28.2. The van der Waals surface area contributed by atoms with Crippen molar-refractivity contribution in [3.05, 3.63) is 72.7 Å². The largest absolute Gasteiger partial charge is 0.326 e. The zero-order chi connectivity index (χ0) is 21.6. The minimum atomic E-state index is -0.885. The van der Waals surface area contributed by atoms with E-state index >= 15 is 0 Å². The van der Waals surface area contributed by atoms with E-state index in [4.69, 9.17) is 0 Å². The first-order valence-electron chi connectivity index (χ1n) is 7.98. The number of amides is 2. The predicted molar refractivity (Wildman–Crippen MR) is 108 cm³/mol. The molecule has 2 amide bonds. The monoisotopic (exact) mass is 463 g/mol.